The molecule has 1 aromatic carbocycles. The molecule has 4 nitrogen and oxygen atoms in total. The summed E-state index contributed by atoms with van der Waals surface area (Å²) in [5.41, 5.74) is 4.01. The van der Waals surface area contributed by atoms with Gasteiger partial charge in [-0.2, -0.15) is 0 Å². The first-order chi connectivity index (χ1) is 17.6. The van der Waals surface area contributed by atoms with Gasteiger partial charge in [0.25, 0.3) is 0 Å². The molecule has 0 saturated carbocycles. The van der Waals surface area contributed by atoms with Gasteiger partial charge in [-0.1, -0.05) is 11.6 Å². The van der Waals surface area contributed by atoms with Crippen LogP contribution in [-0.2, 0) is 6.54 Å². The second-order valence-corrected chi connectivity index (χ2v) is 24.2. The Balaban J connectivity index is 1.53. The number of halogens is 1. The van der Waals surface area contributed by atoms with Crippen LogP contribution in [0.3, 0.4) is 0 Å². The fourth-order valence-corrected chi connectivity index (χ4v) is 22.3. The zero-order chi connectivity index (χ0) is 25.4. The molecular weight excluding hydrogens is 571 g/mol. The number of fused-ring (bicyclic) bond motifs is 1. The van der Waals surface area contributed by atoms with E-state index in [9.17, 15) is 0 Å². The van der Waals surface area contributed by atoms with Crippen molar-refractivity contribution in [2.24, 2.45) is 0 Å². The van der Waals surface area contributed by atoms with Crippen molar-refractivity contribution < 1.29 is 0 Å². The van der Waals surface area contributed by atoms with Gasteiger partial charge in [0.15, 0.2) is 0 Å². The van der Waals surface area contributed by atoms with E-state index in [1.54, 1.807) is 3.71 Å². The van der Waals surface area contributed by atoms with Crippen molar-refractivity contribution in [1.29, 1.82) is 0 Å². The number of piperazine rings is 1. The monoisotopic (exact) mass is 616 g/mol. The number of pyridine rings is 1. The maximum absolute atomic E-state index is 6.08. The third-order valence-corrected chi connectivity index (χ3v) is 23.8. The molecule has 0 unspecified atom stereocenters. The van der Waals surface area contributed by atoms with E-state index in [0.717, 1.165) is 37.7 Å². The minimum absolute atomic E-state index is 0.803. The van der Waals surface area contributed by atoms with E-state index in [2.05, 4.69) is 71.6 Å². The number of anilines is 1. The first kappa shape index (κ1) is 27.8. The molecule has 0 spiro atoms. The number of hydrogen-bond donors (Lipinski definition) is 0. The molecule has 3 heterocycles. The van der Waals surface area contributed by atoms with Crippen LogP contribution >= 0.6 is 11.6 Å². The fourth-order valence-electron chi connectivity index (χ4n) is 5.95. The summed E-state index contributed by atoms with van der Waals surface area (Å²) in [6.07, 6.45) is 10.2. The quantitative estimate of drug-likeness (QED) is 0.188. The van der Waals surface area contributed by atoms with Crippen molar-refractivity contribution >= 4 is 44.9 Å². The van der Waals surface area contributed by atoms with E-state index in [4.69, 9.17) is 16.7 Å². The van der Waals surface area contributed by atoms with Crippen LogP contribution in [0, 0.1) is 0 Å². The summed E-state index contributed by atoms with van der Waals surface area (Å²) in [4.78, 5) is 5.07. The molecule has 6 heteroatoms. The van der Waals surface area contributed by atoms with E-state index in [-0.39, 0.29) is 0 Å². The Morgan fingerprint density at radius 1 is 0.806 bits per heavy atom. The Labute approximate surface area is 227 Å². The van der Waals surface area contributed by atoms with Gasteiger partial charge in [-0.3, -0.25) is 0 Å². The topological polar surface area (TPSA) is 23.8 Å². The van der Waals surface area contributed by atoms with Crippen LogP contribution in [-0.4, -0.2) is 59.1 Å². The standard InChI is InChI=1S/C18H18ClN4.3C4H9.Sn/c19-16-4-6-17(7-5-16)22-11-9-21(10-12-22)14-15-13-20-23-8-2-1-3-18(15)23;3*1-3-4-2;/h1-7,13H,9-12,14H2;3*1,3-4H2,2H3;. The van der Waals surface area contributed by atoms with E-state index in [0.29, 0.717) is 0 Å². The van der Waals surface area contributed by atoms with Crippen molar-refractivity contribution in [3.8, 4) is 0 Å². The Hall–Kier alpha value is -1.24. The molecule has 1 aliphatic heterocycles. The normalized spacial score (nSPS) is 15.2. The van der Waals surface area contributed by atoms with Crippen molar-refractivity contribution in [3.05, 3.63) is 59.2 Å². The van der Waals surface area contributed by atoms with Crippen LogP contribution in [0.1, 0.15) is 64.9 Å². The molecule has 3 aromatic rings. The predicted molar refractivity (Wildman–Crippen MR) is 159 cm³/mol. The molecule has 0 amide bonds. The van der Waals surface area contributed by atoms with Crippen LogP contribution in [0.4, 0.5) is 5.69 Å². The Morgan fingerprint density at radius 2 is 1.42 bits per heavy atom. The fraction of sp³-hybridized carbons (Fsp3) is 0.567. The van der Waals surface area contributed by atoms with Crippen molar-refractivity contribution in [1.82, 2.24) is 14.5 Å². The summed E-state index contributed by atoms with van der Waals surface area (Å²) in [5, 5.41) is 5.87. The molecular formula is C30H45ClN4Sn. The van der Waals surface area contributed by atoms with Gasteiger partial charge in [-0.15, -0.1) is 0 Å². The summed E-state index contributed by atoms with van der Waals surface area (Å²) in [6.45, 7) is 12.3. The van der Waals surface area contributed by atoms with Crippen molar-refractivity contribution in [3.63, 3.8) is 0 Å². The number of benzene rings is 1. The molecule has 0 N–H and O–H groups in total. The zero-order valence-electron chi connectivity index (χ0n) is 22.7. The first-order valence-electron chi connectivity index (χ1n) is 14.3. The van der Waals surface area contributed by atoms with Gasteiger partial charge in [0.2, 0.25) is 0 Å². The van der Waals surface area contributed by atoms with E-state index < -0.39 is 18.4 Å². The van der Waals surface area contributed by atoms with Crippen molar-refractivity contribution in [2.45, 2.75) is 79.2 Å². The first-order valence-corrected chi connectivity index (χ1v) is 22.1. The molecule has 0 atom stereocenters. The van der Waals surface area contributed by atoms with Gasteiger partial charge < -0.3 is 0 Å². The molecule has 0 bridgehead atoms. The zero-order valence-corrected chi connectivity index (χ0v) is 26.3. The van der Waals surface area contributed by atoms with Gasteiger partial charge >= 0.3 is 212 Å². The van der Waals surface area contributed by atoms with Gasteiger partial charge in [-0.25, -0.2) is 0 Å². The molecule has 1 aliphatic rings. The Bertz CT molecular complexity index is 1050. The number of nitrogens with zero attached hydrogens (tertiary/aromatic N) is 4. The minimum atomic E-state index is -2.56. The third kappa shape index (κ3) is 6.60. The molecule has 0 radical (unpaired) electrons. The molecule has 4 rings (SSSR count). The molecule has 36 heavy (non-hydrogen) atoms. The van der Waals surface area contributed by atoms with Crippen LogP contribution in [0.15, 0.2) is 48.7 Å². The Morgan fingerprint density at radius 3 is 2.00 bits per heavy atom. The van der Waals surface area contributed by atoms with Crippen LogP contribution in [0.5, 0.6) is 0 Å². The summed E-state index contributed by atoms with van der Waals surface area (Å²) < 4.78 is 8.48. The van der Waals surface area contributed by atoms with Crippen LogP contribution in [0.2, 0.25) is 18.3 Å². The van der Waals surface area contributed by atoms with Gasteiger partial charge in [0, 0.05) is 5.02 Å². The predicted octanol–water partition coefficient (Wildman–Crippen LogP) is 7.37. The van der Waals surface area contributed by atoms with E-state index >= 15 is 0 Å². The van der Waals surface area contributed by atoms with Crippen LogP contribution < -0.4 is 8.61 Å². The number of aromatic nitrogens is 2. The van der Waals surface area contributed by atoms with Crippen LogP contribution in [0.25, 0.3) is 5.52 Å². The molecule has 196 valence electrons. The van der Waals surface area contributed by atoms with E-state index in [1.807, 2.05) is 12.1 Å². The summed E-state index contributed by atoms with van der Waals surface area (Å²) >= 11 is 3.52. The number of unbranched alkanes of at least 4 members (excludes halogenated alkanes) is 3. The van der Waals surface area contributed by atoms with Gasteiger partial charge in [0.1, 0.15) is 0 Å². The third-order valence-electron chi connectivity index (χ3n) is 8.15. The van der Waals surface area contributed by atoms with Crippen molar-refractivity contribution in [2.75, 3.05) is 31.1 Å². The van der Waals surface area contributed by atoms with Gasteiger partial charge in [-0.05, 0) is 0 Å². The average Bonchev–Trinajstić information content (AvgIpc) is 3.32. The average molecular weight is 616 g/mol. The molecule has 0 aliphatic carbocycles. The summed E-state index contributed by atoms with van der Waals surface area (Å²) in [6, 6.07) is 15.4. The SMILES string of the molecule is CCC[CH2][Sn]([CH2]CCC)([CH2]CCC)[c]1cccc2c(CN3CCN(c4ccc(Cl)cc4)CC3)cnn12. The maximum atomic E-state index is 6.08. The Kier molecular flexibility index (Phi) is 10.4. The van der Waals surface area contributed by atoms with E-state index in [1.165, 1.54) is 68.6 Å². The number of hydrogen-bond acceptors (Lipinski definition) is 3. The molecule has 1 saturated heterocycles. The summed E-state index contributed by atoms with van der Waals surface area (Å²) in [7, 11) is 0. The molecule has 1 fully saturated rings. The summed E-state index contributed by atoms with van der Waals surface area (Å²) in [5.74, 6) is 0. The second-order valence-electron chi connectivity index (χ2n) is 10.7. The number of rotatable bonds is 13. The second kappa shape index (κ2) is 13.5. The van der Waals surface area contributed by atoms with Gasteiger partial charge in [0.05, 0.1) is 0 Å². The molecule has 2 aromatic heterocycles.